The van der Waals surface area contributed by atoms with Crippen molar-refractivity contribution in [1.29, 1.82) is 0 Å². The van der Waals surface area contributed by atoms with Crippen LogP contribution in [-0.2, 0) is 43.5 Å². The van der Waals surface area contributed by atoms with E-state index in [1.807, 2.05) is 48.2 Å². The van der Waals surface area contributed by atoms with E-state index >= 15 is 0 Å². The summed E-state index contributed by atoms with van der Waals surface area (Å²) in [6.07, 6.45) is -2.13. The summed E-state index contributed by atoms with van der Waals surface area (Å²) in [6.45, 7) is 6.03. The van der Waals surface area contributed by atoms with E-state index in [9.17, 15) is 27.6 Å². The summed E-state index contributed by atoms with van der Waals surface area (Å²) in [4.78, 5) is 61.0. The molecule has 4 aromatic heterocycles. The standard InChI is InChI=1S/C40H38ClF3N10O4S/c1-3-29-34(51-13-15-52(16-14-51)37(56)33-35(23(2)46-22-47-33)58-21-24-7-5-4-6-8-24)38(57)54-39(49-36(50-54)31-17-25-19-45-12-11-30(25)59-31)53(29)20-32(55)48-28-10-9-26(18-27(28)41)40(42,43)44/h4-10,17-18,22,45H,3,11-16,19-21H2,1-2H3,(H,48,55). The zero-order valence-electron chi connectivity index (χ0n) is 32.0. The van der Waals surface area contributed by atoms with E-state index < -0.39 is 23.2 Å². The zero-order valence-corrected chi connectivity index (χ0v) is 33.5. The molecule has 1 fully saturated rings. The molecule has 0 atom stereocenters. The molecule has 59 heavy (non-hydrogen) atoms. The van der Waals surface area contributed by atoms with Gasteiger partial charge in [-0.1, -0.05) is 48.9 Å². The lowest BCUT2D eigenvalue weighted by atomic mass is 10.1. The van der Waals surface area contributed by atoms with Gasteiger partial charge in [0.2, 0.25) is 11.7 Å². The second kappa shape index (κ2) is 16.4. The number of alkyl halides is 3. The van der Waals surface area contributed by atoms with Crippen LogP contribution in [0.2, 0.25) is 5.02 Å². The number of aryl methyl sites for hydroxylation is 1. The minimum Gasteiger partial charge on any atom is -0.485 e. The second-order valence-electron chi connectivity index (χ2n) is 14.1. The molecule has 19 heteroatoms. The van der Waals surface area contributed by atoms with Gasteiger partial charge in [-0.25, -0.2) is 9.97 Å². The molecule has 306 valence electrons. The van der Waals surface area contributed by atoms with Crippen molar-refractivity contribution in [3.63, 3.8) is 0 Å². The van der Waals surface area contributed by atoms with Gasteiger partial charge in [-0.2, -0.15) is 22.7 Å². The first kappa shape index (κ1) is 40.0. The van der Waals surface area contributed by atoms with Crippen LogP contribution in [0.15, 0.2) is 65.7 Å². The van der Waals surface area contributed by atoms with E-state index in [1.165, 1.54) is 15.7 Å². The Morgan fingerprint density at radius 3 is 2.54 bits per heavy atom. The third kappa shape index (κ3) is 8.11. The SMILES string of the molecule is CCc1c(N2CCN(C(=O)c3ncnc(C)c3OCc3ccccc3)CC2)c(=O)n2nc(-c3cc4c(s3)CCNC4)nc2n1CC(=O)Nc1ccc(C(F)(F)F)cc1Cl. The monoisotopic (exact) mass is 846 g/mol. The number of carbonyl (C=O) groups excluding carboxylic acids is 2. The Morgan fingerprint density at radius 2 is 1.83 bits per heavy atom. The highest BCUT2D eigenvalue weighted by Crippen LogP contribution is 2.35. The van der Waals surface area contributed by atoms with Crippen molar-refractivity contribution in [3.8, 4) is 16.5 Å². The van der Waals surface area contributed by atoms with Crippen LogP contribution >= 0.6 is 22.9 Å². The topological polar surface area (TPSA) is 152 Å². The minimum atomic E-state index is -4.61. The number of hydrogen-bond donors (Lipinski definition) is 2. The number of fused-ring (bicyclic) bond motifs is 2. The van der Waals surface area contributed by atoms with Gasteiger partial charge < -0.3 is 29.7 Å². The van der Waals surface area contributed by atoms with Crippen molar-refractivity contribution in [1.82, 2.24) is 39.3 Å². The van der Waals surface area contributed by atoms with Gasteiger partial charge in [0, 0.05) is 44.1 Å². The van der Waals surface area contributed by atoms with Crippen molar-refractivity contribution in [2.24, 2.45) is 0 Å². The van der Waals surface area contributed by atoms with Crippen LogP contribution in [0, 0.1) is 6.92 Å². The predicted molar refractivity (Wildman–Crippen MR) is 216 cm³/mol. The number of rotatable bonds is 10. The summed E-state index contributed by atoms with van der Waals surface area (Å²) in [7, 11) is 0. The second-order valence-corrected chi connectivity index (χ2v) is 15.6. The van der Waals surface area contributed by atoms with Crippen LogP contribution in [0.25, 0.3) is 16.5 Å². The Balaban J connectivity index is 1.10. The molecule has 8 rings (SSSR count). The molecule has 2 aliphatic heterocycles. The molecule has 0 saturated carbocycles. The van der Waals surface area contributed by atoms with Gasteiger partial charge in [0.05, 0.1) is 32.5 Å². The number of anilines is 2. The number of carbonyl (C=O) groups is 2. The highest BCUT2D eigenvalue weighted by Gasteiger charge is 2.33. The number of ether oxygens (including phenoxy) is 1. The highest BCUT2D eigenvalue weighted by molar-refractivity contribution is 7.15. The first-order valence-corrected chi connectivity index (χ1v) is 20.1. The van der Waals surface area contributed by atoms with Gasteiger partial charge in [-0.15, -0.1) is 16.4 Å². The van der Waals surface area contributed by atoms with Crippen LogP contribution in [0.3, 0.4) is 0 Å². The molecule has 0 bridgehead atoms. The zero-order chi connectivity index (χ0) is 41.4. The Hall–Kier alpha value is -5.85. The lowest BCUT2D eigenvalue weighted by Crippen LogP contribution is -2.51. The predicted octanol–water partition coefficient (Wildman–Crippen LogP) is 5.78. The average molecular weight is 847 g/mol. The smallest absolute Gasteiger partial charge is 0.416 e. The summed E-state index contributed by atoms with van der Waals surface area (Å²) in [6, 6.07) is 14.2. The molecule has 2 amide bonds. The maximum Gasteiger partial charge on any atom is 0.416 e. The van der Waals surface area contributed by atoms with Crippen molar-refractivity contribution < 1.29 is 27.5 Å². The van der Waals surface area contributed by atoms with E-state index in [4.69, 9.17) is 21.3 Å². The Morgan fingerprint density at radius 1 is 1.05 bits per heavy atom. The van der Waals surface area contributed by atoms with E-state index in [2.05, 4.69) is 25.7 Å². The van der Waals surface area contributed by atoms with E-state index in [-0.39, 0.29) is 67.4 Å². The number of benzene rings is 2. The summed E-state index contributed by atoms with van der Waals surface area (Å²) in [5.41, 5.74) is 2.11. The lowest BCUT2D eigenvalue weighted by Gasteiger charge is -2.36. The normalized spacial score (nSPS) is 14.4. The Bertz CT molecular complexity index is 2600. The average Bonchev–Trinajstić information content (AvgIpc) is 3.88. The van der Waals surface area contributed by atoms with Crippen molar-refractivity contribution >= 4 is 51.9 Å². The first-order chi connectivity index (χ1) is 28.4. The molecule has 1 saturated heterocycles. The van der Waals surface area contributed by atoms with Gasteiger partial charge in [-0.05, 0) is 55.2 Å². The minimum absolute atomic E-state index is 0.00627. The van der Waals surface area contributed by atoms with Crippen LogP contribution in [0.5, 0.6) is 5.75 Å². The third-order valence-electron chi connectivity index (χ3n) is 10.3. The third-order valence-corrected chi connectivity index (χ3v) is 11.8. The summed E-state index contributed by atoms with van der Waals surface area (Å²) in [5, 5.41) is 10.4. The molecule has 6 heterocycles. The molecular formula is C40H38ClF3N10O4S. The molecule has 0 radical (unpaired) electrons. The molecule has 0 unspecified atom stereocenters. The number of thiophene rings is 1. The van der Waals surface area contributed by atoms with Crippen molar-refractivity contribution in [2.75, 3.05) is 42.9 Å². The molecule has 2 aromatic carbocycles. The van der Waals surface area contributed by atoms with Gasteiger partial charge in [-0.3, -0.25) is 14.4 Å². The molecule has 0 aliphatic carbocycles. The number of nitrogens with zero attached hydrogens (tertiary/aromatic N) is 8. The molecule has 2 N–H and O–H groups in total. The summed E-state index contributed by atoms with van der Waals surface area (Å²) >= 11 is 7.74. The Kier molecular flexibility index (Phi) is 11.1. The highest BCUT2D eigenvalue weighted by atomic mass is 35.5. The summed E-state index contributed by atoms with van der Waals surface area (Å²) in [5.74, 6) is -0.205. The number of halogens is 4. The fourth-order valence-electron chi connectivity index (χ4n) is 7.32. The number of nitrogens with one attached hydrogen (secondary N) is 2. The van der Waals surface area contributed by atoms with Crippen LogP contribution in [0.1, 0.15) is 50.4 Å². The first-order valence-electron chi connectivity index (χ1n) is 18.9. The van der Waals surface area contributed by atoms with E-state index in [1.54, 1.807) is 27.7 Å². The van der Waals surface area contributed by atoms with E-state index in [0.29, 0.717) is 41.6 Å². The number of amides is 2. The lowest BCUT2D eigenvalue weighted by molar-refractivity contribution is -0.137. The van der Waals surface area contributed by atoms with Crippen molar-refractivity contribution in [3.05, 3.63) is 115 Å². The maximum atomic E-state index is 14.5. The number of hydrogen-bond acceptors (Lipinski definition) is 11. The van der Waals surface area contributed by atoms with E-state index in [0.717, 1.165) is 47.2 Å². The fraction of sp³-hybridized carbons (Fsp3) is 0.325. The number of aromatic nitrogens is 6. The number of piperazine rings is 1. The van der Waals surface area contributed by atoms with Gasteiger partial charge in [0.25, 0.3) is 11.5 Å². The largest absolute Gasteiger partial charge is 0.485 e. The molecule has 14 nitrogen and oxygen atoms in total. The van der Waals surface area contributed by atoms with Crippen molar-refractivity contribution in [2.45, 2.75) is 52.6 Å². The fourth-order valence-corrected chi connectivity index (χ4v) is 8.66. The van der Waals surface area contributed by atoms with Crippen LogP contribution in [0.4, 0.5) is 24.5 Å². The van der Waals surface area contributed by atoms with Gasteiger partial charge in [0.15, 0.2) is 17.3 Å². The molecule has 0 spiro atoms. The maximum absolute atomic E-state index is 14.5. The molecule has 2 aliphatic rings. The van der Waals surface area contributed by atoms with Crippen LogP contribution in [-0.4, -0.2) is 78.6 Å². The van der Waals surface area contributed by atoms with Crippen LogP contribution < -0.4 is 25.8 Å². The summed E-state index contributed by atoms with van der Waals surface area (Å²) < 4.78 is 48.8. The quantitative estimate of drug-likeness (QED) is 0.174. The van der Waals surface area contributed by atoms with Gasteiger partial charge in [0.1, 0.15) is 25.2 Å². The van der Waals surface area contributed by atoms with Gasteiger partial charge >= 0.3 is 6.18 Å². The molecule has 6 aromatic rings. The Labute approximate surface area is 344 Å². The molecular weight excluding hydrogens is 809 g/mol.